The number of benzene rings is 1. The Morgan fingerprint density at radius 1 is 1.26 bits per heavy atom. The fourth-order valence-electron chi connectivity index (χ4n) is 3.43. The number of carbonyl (C=O) groups excluding carboxylic acids is 1. The minimum absolute atomic E-state index is 0.0640. The van der Waals surface area contributed by atoms with Crippen LogP contribution in [0.3, 0.4) is 0 Å². The Morgan fingerprint density at radius 3 is 2.57 bits per heavy atom. The van der Waals surface area contributed by atoms with Crippen molar-refractivity contribution in [1.82, 2.24) is 9.80 Å². The number of sulfone groups is 1. The Balaban J connectivity index is 1.50. The van der Waals surface area contributed by atoms with E-state index in [1.54, 1.807) is 0 Å². The van der Waals surface area contributed by atoms with Gasteiger partial charge in [-0.25, -0.2) is 8.42 Å². The van der Waals surface area contributed by atoms with Crippen molar-refractivity contribution < 1.29 is 13.2 Å². The molecule has 2 heterocycles. The molecule has 3 rings (SSSR count). The summed E-state index contributed by atoms with van der Waals surface area (Å²) in [4.78, 5) is 16.4. The van der Waals surface area contributed by atoms with Gasteiger partial charge < -0.3 is 9.80 Å². The first-order chi connectivity index (χ1) is 11.0. The molecule has 0 unspecified atom stereocenters. The zero-order chi connectivity index (χ0) is 16.4. The molecule has 0 N–H and O–H groups in total. The quantitative estimate of drug-likeness (QED) is 0.817. The van der Waals surface area contributed by atoms with Crippen molar-refractivity contribution in [1.29, 1.82) is 0 Å². The van der Waals surface area contributed by atoms with Crippen LogP contribution in [0.1, 0.15) is 30.9 Å². The third kappa shape index (κ3) is 3.75. The van der Waals surface area contributed by atoms with Crippen LogP contribution in [0.4, 0.5) is 0 Å². The number of carbonyl (C=O) groups is 1. The molecule has 23 heavy (non-hydrogen) atoms. The molecule has 0 bridgehead atoms. The number of hydrogen-bond acceptors (Lipinski definition) is 4. The summed E-state index contributed by atoms with van der Waals surface area (Å²) in [7, 11) is -0.950. The Bertz CT molecular complexity index is 660. The SMILES string of the molecule is CN(CCC(=O)N1CC[C@@H]1c1ccccc1)[C@H]1CCS(=O)(=O)C1. The van der Waals surface area contributed by atoms with Crippen molar-refractivity contribution in [3.05, 3.63) is 35.9 Å². The number of hydrogen-bond donors (Lipinski definition) is 0. The third-order valence-electron chi connectivity index (χ3n) is 5.03. The molecular weight excluding hydrogens is 312 g/mol. The summed E-state index contributed by atoms with van der Waals surface area (Å²) in [5, 5.41) is 0. The number of likely N-dealkylation sites (tertiary alicyclic amines) is 1. The van der Waals surface area contributed by atoms with Gasteiger partial charge in [-0.15, -0.1) is 0 Å². The molecule has 6 heteroatoms. The van der Waals surface area contributed by atoms with Gasteiger partial charge in [0.2, 0.25) is 5.91 Å². The van der Waals surface area contributed by atoms with Crippen LogP contribution >= 0.6 is 0 Å². The van der Waals surface area contributed by atoms with Crippen molar-refractivity contribution >= 4 is 15.7 Å². The van der Waals surface area contributed by atoms with Crippen molar-refractivity contribution in [2.24, 2.45) is 0 Å². The normalized spacial score (nSPS) is 26.3. The van der Waals surface area contributed by atoms with E-state index >= 15 is 0 Å². The predicted octanol–water partition coefficient (Wildman–Crippen LogP) is 1.47. The van der Waals surface area contributed by atoms with Gasteiger partial charge in [0.25, 0.3) is 0 Å². The van der Waals surface area contributed by atoms with Gasteiger partial charge >= 0.3 is 0 Å². The molecule has 0 radical (unpaired) electrons. The van der Waals surface area contributed by atoms with Gasteiger partial charge in [0.1, 0.15) is 0 Å². The molecule has 2 aliphatic heterocycles. The standard InChI is InChI=1S/C17H24N2O3S/c1-18(15-9-12-23(21,22)13-15)10-8-17(20)19-11-7-16(19)14-5-3-2-4-6-14/h2-6,15-16H,7-13H2,1H3/t15-,16+/m0/s1. The summed E-state index contributed by atoms with van der Waals surface area (Å²) in [6.45, 7) is 1.44. The average molecular weight is 336 g/mol. The molecule has 0 saturated carbocycles. The topological polar surface area (TPSA) is 57.7 Å². The van der Waals surface area contributed by atoms with E-state index in [0.717, 1.165) is 13.0 Å². The summed E-state index contributed by atoms with van der Waals surface area (Å²) in [5.41, 5.74) is 1.20. The lowest BCUT2D eigenvalue weighted by atomic mass is 9.94. The first-order valence-corrected chi connectivity index (χ1v) is 10.0. The Hall–Kier alpha value is -1.40. The largest absolute Gasteiger partial charge is 0.335 e. The van der Waals surface area contributed by atoms with E-state index in [9.17, 15) is 13.2 Å². The van der Waals surface area contributed by atoms with Crippen LogP contribution in [0.2, 0.25) is 0 Å². The molecule has 126 valence electrons. The maximum Gasteiger partial charge on any atom is 0.224 e. The van der Waals surface area contributed by atoms with Crippen LogP contribution in [0.5, 0.6) is 0 Å². The molecule has 0 aromatic heterocycles. The second kappa shape index (κ2) is 6.61. The third-order valence-corrected chi connectivity index (χ3v) is 6.78. The van der Waals surface area contributed by atoms with E-state index in [4.69, 9.17) is 0 Å². The molecule has 2 atom stereocenters. The highest BCUT2D eigenvalue weighted by atomic mass is 32.2. The molecule has 0 spiro atoms. The monoisotopic (exact) mass is 336 g/mol. The first kappa shape index (κ1) is 16.5. The van der Waals surface area contributed by atoms with Crippen LogP contribution in [0.25, 0.3) is 0 Å². The molecule has 2 aliphatic rings. The van der Waals surface area contributed by atoms with Crippen molar-refractivity contribution in [3.63, 3.8) is 0 Å². The second-order valence-corrected chi connectivity index (χ2v) is 8.82. The highest BCUT2D eigenvalue weighted by molar-refractivity contribution is 7.91. The van der Waals surface area contributed by atoms with Gasteiger partial charge in [0, 0.05) is 25.6 Å². The Labute approximate surface area is 138 Å². The van der Waals surface area contributed by atoms with Crippen molar-refractivity contribution in [2.75, 3.05) is 31.6 Å². The molecule has 1 amide bonds. The van der Waals surface area contributed by atoms with Gasteiger partial charge in [-0.1, -0.05) is 30.3 Å². The zero-order valence-corrected chi connectivity index (χ0v) is 14.3. The fraction of sp³-hybridized carbons (Fsp3) is 0.588. The van der Waals surface area contributed by atoms with E-state index in [2.05, 4.69) is 12.1 Å². The lowest BCUT2D eigenvalue weighted by molar-refractivity contribution is -0.139. The maximum atomic E-state index is 12.4. The molecule has 1 aromatic rings. The van der Waals surface area contributed by atoms with Crippen LogP contribution in [-0.2, 0) is 14.6 Å². The van der Waals surface area contributed by atoms with E-state index < -0.39 is 9.84 Å². The molecule has 2 fully saturated rings. The Morgan fingerprint density at radius 2 is 2.00 bits per heavy atom. The number of nitrogens with zero attached hydrogens (tertiary/aromatic N) is 2. The Kier molecular flexibility index (Phi) is 4.73. The van der Waals surface area contributed by atoms with E-state index in [1.165, 1.54) is 5.56 Å². The summed E-state index contributed by atoms with van der Waals surface area (Å²) >= 11 is 0. The van der Waals surface area contributed by atoms with Gasteiger partial charge in [-0.3, -0.25) is 4.79 Å². The van der Waals surface area contributed by atoms with Crippen LogP contribution in [0, 0.1) is 0 Å². The smallest absolute Gasteiger partial charge is 0.224 e. The van der Waals surface area contributed by atoms with E-state index in [-0.39, 0.29) is 29.5 Å². The minimum Gasteiger partial charge on any atom is -0.335 e. The molecule has 1 aromatic carbocycles. The maximum absolute atomic E-state index is 12.4. The molecule has 5 nitrogen and oxygen atoms in total. The highest BCUT2D eigenvalue weighted by Crippen LogP contribution is 2.33. The van der Waals surface area contributed by atoms with Gasteiger partial charge in [0.15, 0.2) is 9.84 Å². The lowest BCUT2D eigenvalue weighted by Crippen LogP contribution is -2.46. The summed E-state index contributed by atoms with van der Waals surface area (Å²) < 4.78 is 23.1. The summed E-state index contributed by atoms with van der Waals surface area (Å²) in [6.07, 6.45) is 2.16. The fourth-order valence-corrected chi connectivity index (χ4v) is 5.23. The molecular formula is C17H24N2O3S. The number of amides is 1. The first-order valence-electron chi connectivity index (χ1n) is 8.21. The van der Waals surface area contributed by atoms with Gasteiger partial charge in [0.05, 0.1) is 17.5 Å². The second-order valence-electron chi connectivity index (χ2n) is 6.59. The van der Waals surface area contributed by atoms with Gasteiger partial charge in [-0.05, 0) is 25.5 Å². The minimum atomic E-state index is -2.87. The van der Waals surface area contributed by atoms with Crippen LogP contribution in [0.15, 0.2) is 30.3 Å². The molecule has 0 aliphatic carbocycles. The number of rotatable bonds is 5. The van der Waals surface area contributed by atoms with Crippen LogP contribution in [-0.4, -0.2) is 61.8 Å². The van der Waals surface area contributed by atoms with Crippen LogP contribution < -0.4 is 0 Å². The summed E-state index contributed by atoms with van der Waals surface area (Å²) in [5.74, 6) is 0.671. The van der Waals surface area contributed by atoms with E-state index in [0.29, 0.717) is 19.4 Å². The van der Waals surface area contributed by atoms with Crippen molar-refractivity contribution in [2.45, 2.75) is 31.3 Å². The zero-order valence-electron chi connectivity index (χ0n) is 13.5. The summed E-state index contributed by atoms with van der Waals surface area (Å²) in [6, 6.07) is 10.4. The van der Waals surface area contributed by atoms with E-state index in [1.807, 2.05) is 35.0 Å². The lowest BCUT2D eigenvalue weighted by Gasteiger charge is -2.41. The molecule has 2 saturated heterocycles. The predicted molar refractivity (Wildman–Crippen MR) is 89.8 cm³/mol. The van der Waals surface area contributed by atoms with Gasteiger partial charge in [-0.2, -0.15) is 0 Å². The van der Waals surface area contributed by atoms with Crippen molar-refractivity contribution in [3.8, 4) is 0 Å². The highest BCUT2D eigenvalue weighted by Gasteiger charge is 2.34. The average Bonchev–Trinajstić information content (AvgIpc) is 2.85.